The molecule has 0 radical (unpaired) electrons. The average molecular weight is 272 g/mol. The van der Waals surface area contributed by atoms with Gasteiger partial charge >= 0.3 is 6.18 Å². The predicted octanol–water partition coefficient (Wildman–Crippen LogP) is 3.29. The molecule has 2 heterocycles. The van der Waals surface area contributed by atoms with E-state index in [4.69, 9.17) is 0 Å². The molecule has 0 amide bonds. The summed E-state index contributed by atoms with van der Waals surface area (Å²) in [7, 11) is 1.43. The van der Waals surface area contributed by atoms with Crippen LogP contribution in [0.1, 0.15) is 25.0 Å². The van der Waals surface area contributed by atoms with Crippen LogP contribution < -0.4 is 5.56 Å². The van der Waals surface area contributed by atoms with E-state index >= 15 is 0 Å². The third-order valence-corrected chi connectivity index (χ3v) is 2.71. The second-order valence-corrected chi connectivity index (χ2v) is 3.75. The Morgan fingerprint density at radius 2 is 1.84 bits per heavy atom. The van der Waals surface area contributed by atoms with Crippen LogP contribution in [0.25, 0.3) is 10.9 Å². The molecule has 2 rings (SSSR count). The summed E-state index contributed by atoms with van der Waals surface area (Å²) >= 11 is 0. The molecular formula is C13H15F3N2O. The van der Waals surface area contributed by atoms with E-state index in [1.54, 1.807) is 0 Å². The van der Waals surface area contributed by atoms with E-state index in [1.165, 1.54) is 37.0 Å². The van der Waals surface area contributed by atoms with Crippen molar-refractivity contribution in [3.8, 4) is 0 Å². The fourth-order valence-electron chi connectivity index (χ4n) is 1.90. The molecule has 19 heavy (non-hydrogen) atoms. The fourth-order valence-corrected chi connectivity index (χ4v) is 1.90. The predicted molar refractivity (Wildman–Crippen MR) is 68.1 cm³/mol. The lowest BCUT2D eigenvalue weighted by Crippen LogP contribution is -2.25. The molecule has 0 bridgehead atoms. The number of fused-ring (bicyclic) bond motifs is 1. The van der Waals surface area contributed by atoms with E-state index in [0.29, 0.717) is 0 Å². The van der Waals surface area contributed by atoms with Crippen LogP contribution in [0.15, 0.2) is 23.3 Å². The number of hydrogen-bond donors (Lipinski definition) is 0. The van der Waals surface area contributed by atoms with Crippen LogP contribution in [-0.4, -0.2) is 9.55 Å². The molecule has 0 unspecified atom stereocenters. The molecule has 0 aliphatic carbocycles. The van der Waals surface area contributed by atoms with Gasteiger partial charge in [-0.3, -0.25) is 9.78 Å². The van der Waals surface area contributed by atoms with E-state index in [1.807, 2.05) is 13.8 Å². The standard InChI is InChI=1S/C11H9F3N2O.C2H6/c1-6-9(11(12,13)14)7-3-4-15-5-8(7)16(2)10(6)17;1-2/h3-5H,1-2H3;1-2H3. The summed E-state index contributed by atoms with van der Waals surface area (Å²) in [6.07, 6.45) is -2.01. The monoisotopic (exact) mass is 272 g/mol. The topological polar surface area (TPSA) is 34.9 Å². The minimum Gasteiger partial charge on any atom is -0.310 e. The maximum atomic E-state index is 12.9. The van der Waals surface area contributed by atoms with Gasteiger partial charge < -0.3 is 4.57 Å². The van der Waals surface area contributed by atoms with Gasteiger partial charge in [0, 0.05) is 24.2 Å². The minimum absolute atomic E-state index is 0.00731. The van der Waals surface area contributed by atoms with Crippen LogP contribution in [-0.2, 0) is 13.2 Å². The van der Waals surface area contributed by atoms with Crippen LogP contribution >= 0.6 is 0 Å². The minimum atomic E-state index is -4.54. The molecule has 0 aliphatic heterocycles. The van der Waals surface area contributed by atoms with E-state index in [0.717, 1.165) is 0 Å². The first-order valence-electron chi connectivity index (χ1n) is 5.84. The molecule has 104 valence electrons. The Morgan fingerprint density at radius 3 is 2.37 bits per heavy atom. The van der Waals surface area contributed by atoms with Crippen molar-refractivity contribution in [2.45, 2.75) is 26.9 Å². The molecule has 0 atom stereocenters. The highest BCUT2D eigenvalue weighted by Gasteiger charge is 2.36. The van der Waals surface area contributed by atoms with E-state index < -0.39 is 17.3 Å². The lowest BCUT2D eigenvalue weighted by atomic mass is 10.0. The Morgan fingerprint density at radius 1 is 1.26 bits per heavy atom. The van der Waals surface area contributed by atoms with Gasteiger partial charge in [0.1, 0.15) is 0 Å². The van der Waals surface area contributed by atoms with Crippen molar-refractivity contribution in [2.24, 2.45) is 7.05 Å². The zero-order valence-electron chi connectivity index (χ0n) is 11.2. The van der Waals surface area contributed by atoms with Gasteiger partial charge in [0.05, 0.1) is 17.3 Å². The van der Waals surface area contributed by atoms with Crippen molar-refractivity contribution in [3.63, 3.8) is 0 Å². The molecule has 0 saturated carbocycles. The first kappa shape index (κ1) is 15.2. The molecule has 3 nitrogen and oxygen atoms in total. The lowest BCUT2D eigenvalue weighted by Gasteiger charge is -2.15. The average Bonchev–Trinajstić information content (AvgIpc) is 2.37. The van der Waals surface area contributed by atoms with Crippen LogP contribution in [0.2, 0.25) is 0 Å². The van der Waals surface area contributed by atoms with E-state index in [9.17, 15) is 18.0 Å². The van der Waals surface area contributed by atoms with Gasteiger partial charge in [-0.15, -0.1) is 0 Å². The third kappa shape index (κ3) is 2.62. The maximum Gasteiger partial charge on any atom is 0.417 e. The van der Waals surface area contributed by atoms with Gasteiger partial charge in [-0.2, -0.15) is 13.2 Å². The second kappa shape index (κ2) is 5.42. The quantitative estimate of drug-likeness (QED) is 0.737. The second-order valence-electron chi connectivity index (χ2n) is 3.75. The van der Waals surface area contributed by atoms with Crippen molar-refractivity contribution in [3.05, 3.63) is 39.9 Å². The maximum absolute atomic E-state index is 12.9. The molecule has 0 N–H and O–H groups in total. The molecule has 0 aliphatic rings. The number of hydrogen-bond acceptors (Lipinski definition) is 2. The van der Waals surface area contributed by atoms with Crippen molar-refractivity contribution in [1.29, 1.82) is 0 Å². The van der Waals surface area contributed by atoms with Gasteiger partial charge in [0.25, 0.3) is 5.56 Å². The number of pyridine rings is 2. The summed E-state index contributed by atoms with van der Waals surface area (Å²) in [5, 5.41) is -0.00731. The Kier molecular flexibility index (Phi) is 4.34. The van der Waals surface area contributed by atoms with Crippen molar-refractivity contribution in [1.82, 2.24) is 9.55 Å². The van der Waals surface area contributed by atoms with Crippen LogP contribution in [0.3, 0.4) is 0 Å². The Balaban J connectivity index is 0.000000861. The smallest absolute Gasteiger partial charge is 0.310 e. The Hall–Kier alpha value is -1.85. The number of alkyl halides is 3. The normalized spacial score (nSPS) is 11.1. The summed E-state index contributed by atoms with van der Waals surface area (Å²) in [5.74, 6) is 0. The number of aromatic nitrogens is 2. The van der Waals surface area contributed by atoms with Gasteiger partial charge in [-0.25, -0.2) is 0 Å². The van der Waals surface area contributed by atoms with Crippen molar-refractivity contribution >= 4 is 10.9 Å². The number of nitrogens with zero attached hydrogens (tertiary/aromatic N) is 2. The zero-order chi connectivity index (χ0) is 14.8. The number of aryl methyl sites for hydroxylation is 1. The number of halogens is 3. The van der Waals surface area contributed by atoms with E-state index in [-0.39, 0.29) is 16.5 Å². The van der Waals surface area contributed by atoms with Crippen LogP contribution in [0, 0.1) is 6.92 Å². The SMILES string of the molecule is CC.Cc1c(C(F)(F)F)c2ccncc2n(C)c1=O. The highest BCUT2D eigenvalue weighted by atomic mass is 19.4. The summed E-state index contributed by atoms with van der Waals surface area (Å²) in [5.41, 5.74) is -1.65. The van der Waals surface area contributed by atoms with E-state index in [2.05, 4.69) is 4.98 Å². The molecule has 2 aromatic rings. The molecule has 0 aromatic carbocycles. The lowest BCUT2D eigenvalue weighted by molar-refractivity contribution is -0.136. The molecule has 2 aromatic heterocycles. The van der Waals surface area contributed by atoms with Gasteiger partial charge in [0.15, 0.2) is 0 Å². The molecule has 0 saturated heterocycles. The Labute approximate surface area is 108 Å². The molecule has 6 heteroatoms. The van der Waals surface area contributed by atoms with Gasteiger partial charge in [-0.1, -0.05) is 13.8 Å². The summed E-state index contributed by atoms with van der Waals surface area (Å²) < 4.78 is 39.9. The molecule has 0 spiro atoms. The van der Waals surface area contributed by atoms with Crippen molar-refractivity contribution < 1.29 is 13.2 Å². The van der Waals surface area contributed by atoms with Gasteiger partial charge in [0.2, 0.25) is 0 Å². The van der Waals surface area contributed by atoms with Gasteiger partial charge in [-0.05, 0) is 13.0 Å². The zero-order valence-corrected chi connectivity index (χ0v) is 11.2. The summed E-state index contributed by atoms with van der Waals surface area (Å²) in [6.45, 7) is 5.19. The van der Waals surface area contributed by atoms with Crippen molar-refractivity contribution in [2.75, 3.05) is 0 Å². The molecular weight excluding hydrogens is 257 g/mol. The first-order chi connectivity index (χ1) is 8.84. The number of rotatable bonds is 0. The molecule has 0 fully saturated rings. The van der Waals surface area contributed by atoms with Crippen LogP contribution in [0.4, 0.5) is 13.2 Å². The largest absolute Gasteiger partial charge is 0.417 e. The highest BCUT2D eigenvalue weighted by molar-refractivity contribution is 5.83. The third-order valence-electron chi connectivity index (χ3n) is 2.71. The Bertz CT molecular complexity index is 645. The summed E-state index contributed by atoms with van der Waals surface area (Å²) in [4.78, 5) is 15.4. The van der Waals surface area contributed by atoms with Crippen LogP contribution in [0.5, 0.6) is 0 Å². The first-order valence-corrected chi connectivity index (χ1v) is 5.84. The summed E-state index contributed by atoms with van der Waals surface area (Å²) in [6, 6.07) is 1.27. The fraction of sp³-hybridized carbons (Fsp3) is 0.385. The highest BCUT2D eigenvalue weighted by Crippen LogP contribution is 2.35.